The molecule has 0 unspecified atom stereocenters. The van der Waals surface area contributed by atoms with Gasteiger partial charge < -0.3 is 10.6 Å². The van der Waals surface area contributed by atoms with Crippen molar-refractivity contribution in [3.05, 3.63) is 87.9 Å². The van der Waals surface area contributed by atoms with E-state index in [1.54, 1.807) is 30.3 Å². The summed E-state index contributed by atoms with van der Waals surface area (Å²) in [6.07, 6.45) is 0. The van der Waals surface area contributed by atoms with E-state index >= 15 is 0 Å². The standard InChI is InChI=1S/C23H18ClN3O2/c1-13-5-3-4-6-18(13)26-22(28)15-8-10-16(11-9-15)25-21-19-17(24)12-7-14(2)20(19)27-23(21)29/h3-12H,1-2H3,(H,26,28)(H,25,27,29). The zero-order valence-corrected chi connectivity index (χ0v) is 16.7. The number of nitrogens with one attached hydrogen (secondary N) is 2. The van der Waals surface area contributed by atoms with E-state index in [0.717, 1.165) is 16.8 Å². The van der Waals surface area contributed by atoms with Gasteiger partial charge in [-0.05, 0) is 61.4 Å². The maximum absolute atomic E-state index is 12.5. The van der Waals surface area contributed by atoms with Gasteiger partial charge in [0.05, 0.1) is 16.4 Å². The van der Waals surface area contributed by atoms with E-state index in [4.69, 9.17) is 11.6 Å². The number of carbonyl (C=O) groups is 2. The molecule has 0 fully saturated rings. The lowest BCUT2D eigenvalue weighted by Crippen LogP contribution is -2.14. The van der Waals surface area contributed by atoms with Gasteiger partial charge in [0.1, 0.15) is 5.71 Å². The second-order valence-electron chi connectivity index (χ2n) is 6.84. The normalized spacial score (nSPS) is 13.9. The summed E-state index contributed by atoms with van der Waals surface area (Å²) in [7, 11) is 0. The van der Waals surface area contributed by atoms with Crippen LogP contribution in [0.25, 0.3) is 0 Å². The molecule has 0 bridgehead atoms. The Hall–Kier alpha value is -3.44. The van der Waals surface area contributed by atoms with Crippen molar-refractivity contribution in [3.8, 4) is 0 Å². The van der Waals surface area contributed by atoms with Crippen molar-refractivity contribution in [2.24, 2.45) is 4.99 Å². The summed E-state index contributed by atoms with van der Waals surface area (Å²) in [6, 6.07) is 18.0. The Labute approximate surface area is 173 Å². The number of hydrogen-bond acceptors (Lipinski definition) is 3. The largest absolute Gasteiger partial charge is 0.322 e. The van der Waals surface area contributed by atoms with Crippen LogP contribution in [0, 0.1) is 13.8 Å². The molecule has 1 aliphatic heterocycles. The predicted octanol–water partition coefficient (Wildman–Crippen LogP) is 5.28. The highest BCUT2D eigenvalue weighted by Crippen LogP contribution is 2.34. The van der Waals surface area contributed by atoms with Crippen LogP contribution in [0.1, 0.15) is 27.0 Å². The van der Waals surface area contributed by atoms with Crippen LogP contribution >= 0.6 is 11.6 Å². The predicted molar refractivity (Wildman–Crippen MR) is 117 cm³/mol. The number of fused-ring (bicyclic) bond motifs is 1. The molecule has 2 N–H and O–H groups in total. The van der Waals surface area contributed by atoms with Gasteiger partial charge in [-0.25, -0.2) is 4.99 Å². The smallest absolute Gasteiger partial charge is 0.275 e. The molecule has 0 aromatic heterocycles. The topological polar surface area (TPSA) is 70.6 Å². The third-order valence-corrected chi connectivity index (χ3v) is 5.13. The van der Waals surface area contributed by atoms with Crippen LogP contribution in [0.3, 0.4) is 0 Å². The van der Waals surface area contributed by atoms with Crippen LogP contribution in [0.2, 0.25) is 5.02 Å². The quantitative estimate of drug-likeness (QED) is 0.624. The van der Waals surface area contributed by atoms with Gasteiger partial charge in [-0.2, -0.15) is 0 Å². The number of amides is 2. The minimum atomic E-state index is -0.294. The molecule has 0 saturated heterocycles. The van der Waals surface area contributed by atoms with Gasteiger partial charge >= 0.3 is 0 Å². The van der Waals surface area contributed by atoms with Gasteiger partial charge in [0.15, 0.2) is 0 Å². The highest BCUT2D eigenvalue weighted by atomic mass is 35.5. The van der Waals surface area contributed by atoms with Gasteiger partial charge in [-0.3, -0.25) is 9.59 Å². The molecular formula is C23H18ClN3O2. The van der Waals surface area contributed by atoms with Crippen LogP contribution in [0.15, 0.2) is 65.7 Å². The van der Waals surface area contributed by atoms with E-state index in [2.05, 4.69) is 15.6 Å². The lowest BCUT2D eigenvalue weighted by molar-refractivity contribution is -0.110. The molecule has 6 heteroatoms. The number of benzene rings is 3. The molecule has 0 atom stereocenters. The Kier molecular flexibility index (Phi) is 4.91. The highest BCUT2D eigenvalue weighted by molar-refractivity contribution is 6.57. The molecule has 3 aromatic rings. The molecule has 0 saturated carbocycles. The van der Waals surface area contributed by atoms with E-state index in [-0.39, 0.29) is 17.5 Å². The first kappa shape index (κ1) is 18.9. The zero-order chi connectivity index (χ0) is 20.5. The van der Waals surface area contributed by atoms with Gasteiger partial charge in [0, 0.05) is 16.8 Å². The second kappa shape index (κ2) is 7.53. The molecule has 29 heavy (non-hydrogen) atoms. The van der Waals surface area contributed by atoms with Gasteiger partial charge in [-0.1, -0.05) is 35.9 Å². The van der Waals surface area contributed by atoms with Crippen molar-refractivity contribution in [1.29, 1.82) is 0 Å². The fraction of sp³-hybridized carbons (Fsp3) is 0.0870. The minimum Gasteiger partial charge on any atom is -0.322 e. The summed E-state index contributed by atoms with van der Waals surface area (Å²) in [6.45, 7) is 3.84. The highest BCUT2D eigenvalue weighted by Gasteiger charge is 2.29. The third kappa shape index (κ3) is 3.65. The van der Waals surface area contributed by atoms with Gasteiger partial charge in [0.25, 0.3) is 11.8 Å². The lowest BCUT2D eigenvalue weighted by atomic mass is 10.1. The Morgan fingerprint density at radius 2 is 1.69 bits per heavy atom. The summed E-state index contributed by atoms with van der Waals surface area (Å²) in [5.74, 6) is -0.501. The molecule has 144 valence electrons. The number of hydrogen-bond donors (Lipinski definition) is 2. The average molecular weight is 404 g/mol. The van der Waals surface area contributed by atoms with Crippen LogP contribution < -0.4 is 10.6 Å². The number of halogens is 1. The molecule has 0 spiro atoms. The fourth-order valence-electron chi connectivity index (χ4n) is 3.19. The molecule has 3 aromatic carbocycles. The van der Waals surface area contributed by atoms with E-state index < -0.39 is 0 Å². The summed E-state index contributed by atoms with van der Waals surface area (Å²) < 4.78 is 0. The summed E-state index contributed by atoms with van der Waals surface area (Å²) in [4.78, 5) is 29.3. The number of rotatable bonds is 3. The number of nitrogens with zero attached hydrogens (tertiary/aromatic N) is 1. The summed E-state index contributed by atoms with van der Waals surface area (Å²) in [5, 5.41) is 6.19. The maximum atomic E-state index is 12.5. The molecule has 5 nitrogen and oxygen atoms in total. The number of anilines is 2. The molecular weight excluding hydrogens is 386 g/mol. The van der Waals surface area contributed by atoms with Crippen LogP contribution in [-0.2, 0) is 4.79 Å². The first-order valence-corrected chi connectivity index (χ1v) is 9.48. The van der Waals surface area contributed by atoms with Crippen LogP contribution in [0.4, 0.5) is 17.1 Å². The molecule has 0 radical (unpaired) electrons. The monoisotopic (exact) mass is 403 g/mol. The van der Waals surface area contributed by atoms with Crippen LogP contribution in [0.5, 0.6) is 0 Å². The fourth-order valence-corrected chi connectivity index (χ4v) is 3.44. The number of carbonyl (C=O) groups excluding carboxylic acids is 2. The lowest BCUT2D eigenvalue weighted by Gasteiger charge is -2.08. The summed E-state index contributed by atoms with van der Waals surface area (Å²) >= 11 is 6.30. The Balaban J connectivity index is 1.60. The third-order valence-electron chi connectivity index (χ3n) is 4.82. The first-order valence-electron chi connectivity index (χ1n) is 9.10. The van der Waals surface area contributed by atoms with Gasteiger partial charge in [0.2, 0.25) is 0 Å². The van der Waals surface area contributed by atoms with Crippen molar-refractivity contribution < 1.29 is 9.59 Å². The Bertz CT molecular complexity index is 1170. The summed E-state index contributed by atoms with van der Waals surface area (Å²) in [5.41, 5.74) is 5.31. The molecule has 4 rings (SSSR count). The minimum absolute atomic E-state index is 0.207. The second-order valence-corrected chi connectivity index (χ2v) is 7.25. The van der Waals surface area contributed by atoms with Crippen molar-refractivity contribution in [1.82, 2.24) is 0 Å². The number of aliphatic imine (C=N–C) groups is 1. The van der Waals surface area contributed by atoms with Gasteiger partial charge in [-0.15, -0.1) is 0 Å². The molecule has 0 aliphatic carbocycles. The molecule has 1 aliphatic rings. The Morgan fingerprint density at radius 1 is 0.966 bits per heavy atom. The Morgan fingerprint density at radius 3 is 2.41 bits per heavy atom. The van der Waals surface area contributed by atoms with E-state index in [1.807, 2.05) is 44.2 Å². The molecule has 2 amide bonds. The van der Waals surface area contributed by atoms with E-state index in [9.17, 15) is 9.59 Å². The number of para-hydroxylation sites is 1. The maximum Gasteiger partial charge on any atom is 0.275 e. The van der Waals surface area contributed by atoms with E-state index in [0.29, 0.717) is 27.5 Å². The van der Waals surface area contributed by atoms with Crippen molar-refractivity contribution in [2.75, 3.05) is 10.6 Å². The average Bonchev–Trinajstić information content (AvgIpc) is 3.04. The van der Waals surface area contributed by atoms with Crippen molar-refractivity contribution in [2.45, 2.75) is 13.8 Å². The number of aryl methyl sites for hydroxylation is 2. The van der Waals surface area contributed by atoms with E-state index in [1.165, 1.54) is 0 Å². The first-order chi connectivity index (χ1) is 13.9. The SMILES string of the molecule is Cc1ccccc1NC(=O)c1ccc(N=C2C(=O)Nc3c(C)ccc(Cl)c32)cc1. The van der Waals surface area contributed by atoms with Crippen molar-refractivity contribution >= 4 is 46.2 Å². The zero-order valence-electron chi connectivity index (χ0n) is 15.9. The molecule has 1 heterocycles. The van der Waals surface area contributed by atoms with Crippen LogP contribution in [-0.4, -0.2) is 17.5 Å². The van der Waals surface area contributed by atoms with Crippen molar-refractivity contribution in [3.63, 3.8) is 0 Å².